The summed E-state index contributed by atoms with van der Waals surface area (Å²) >= 11 is 0. The van der Waals surface area contributed by atoms with E-state index in [4.69, 9.17) is 0 Å². The summed E-state index contributed by atoms with van der Waals surface area (Å²) in [7, 11) is 0. The van der Waals surface area contributed by atoms with Crippen molar-refractivity contribution < 1.29 is 4.79 Å². The van der Waals surface area contributed by atoms with E-state index in [1.807, 2.05) is 79.0 Å². The van der Waals surface area contributed by atoms with Crippen LogP contribution < -0.4 is 10.9 Å². The van der Waals surface area contributed by atoms with Gasteiger partial charge in [0.25, 0.3) is 11.5 Å². The average molecular weight is 407 g/mol. The van der Waals surface area contributed by atoms with Crippen LogP contribution in [0.4, 0.5) is 0 Å². The van der Waals surface area contributed by atoms with Gasteiger partial charge in [-0.15, -0.1) is 0 Å². The van der Waals surface area contributed by atoms with Crippen LogP contribution in [0.15, 0.2) is 89.9 Å². The maximum absolute atomic E-state index is 13.2. The van der Waals surface area contributed by atoms with E-state index >= 15 is 0 Å². The number of fused-ring (bicyclic) bond motifs is 2. The molecule has 5 heteroatoms. The fourth-order valence-corrected chi connectivity index (χ4v) is 4.10. The molecule has 0 saturated carbocycles. The molecule has 0 unspecified atom stereocenters. The van der Waals surface area contributed by atoms with E-state index in [2.05, 4.69) is 21.4 Å². The summed E-state index contributed by atoms with van der Waals surface area (Å²) in [5.41, 5.74) is 4.16. The Morgan fingerprint density at radius 3 is 2.29 bits per heavy atom. The van der Waals surface area contributed by atoms with Gasteiger partial charge in [-0.2, -0.15) is 0 Å². The van der Waals surface area contributed by atoms with Crippen LogP contribution in [0.5, 0.6) is 0 Å². The maximum Gasteiger partial charge on any atom is 0.261 e. The maximum atomic E-state index is 13.2. The van der Waals surface area contributed by atoms with Gasteiger partial charge in [-0.25, -0.2) is 0 Å². The molecule has 0 atom stereocenters. The Morgan fingerprint density at radius 1 is 0.806 bits per heavy atom. The SMILES string of the molecule is O=C(NCCc1c[nH]c2ccccc12)c1c(-c2ccccc2)c2ccccc2[nH]c1=O. The van der Waals surface area contributed by atoms with E-state index in [0.29, 0.717) is 24.0 Å². The van der Waals surface area contributed by atoms with Gasteiger partial charge in [0.05, 0.1) is 0 Å². The second-order valence-electron chi connectivity index (χ2n) is 7.48. The number of benzene rings is 3. The molecular weight excluding hydrogens is 386 g/mol. The van der Waals surface area contributed by atoms with E-state index in [0.717, 1.165) is 27.4 Å². The Labute approximate surface area is 178 Å². The smallest absolute Gasteiger partial charge is 0.261 e. The monoisotopic (exact) mass is 407 g/mol. The average Bonchev–Trinajstić information content (AvgIpc) is 3.22. The van der Waals surface area contributed by atoms with Crippen molar-refractivity contribution in [3.05, 3.63) is 107 Å². The summed E-state index contributed by atoms with van der Waals surface area (Å²) in [6.07, 6.45) is 2.64. The third kappa shape index (κ3) is 3.51. The number of pyridine rings is 1. The van der Waals surface area contributed by atoms with E-state index in [-0.39, 0.29) is 17.0 Å². The van der Waals surface area contributed by atoms with E-state index in [9.17, 15) is 9.59 Å². The number of aromatic nitrogens is 2. The number of carbonyl (C=O) groups is 1. The summed E-state index contributed by atoms with van der Waals surface area (Å²) in [5.74, 6) is -0.370. The number of carbonyl (C=O) groups excluding carboxylic acids is 1. The minimum atomic E-state index is -0.387. The second kappa shape index (κ2) is 7.95. The molecule has 5 aromatic rings. The van der Waals surface area contributed by atoms with Crippen LogP contribution in [-0.2, 0) is 6.42 Å². The molecule has 0 radical (unpaired) electrons. The molecule has 0 bridgehead atoms. The first-order valence-corrected chi connectivity index (χ1v) is 10.3. The molecule has 1 amide bonds. The number of rotatable bonds is 5. The Bertz CT molecular complexity index is 1450. The zero-order chi connectivity index (χ0) is 21.2. The molecule has 152 valence electrons. The van der Waals surface area contributed by atoms with Crippen molar-refractivity contribution in [2.75, 3.05) is 6.54 Å². The molecule has 0 aliphatic carbocycles. The third-order valence-electron chi connectivity index (χ3n) is 5.57. The lowest BCUT2D eigenvalue weighted by Crippen LogP contribution is -2.32. The molecule has 2 heterocycles. The number of nitrogens with one attached hydrogen (secondary N) is 3. The van der Waals surface area contributed by atoms with Crippen molar-refractivity contribution in [3.8, 4) is 11.1 Å². The summed E-state index contributed by atoms with van der Waals surface area (Å²) < 4.78 is 0. The molecule has 3 N–H and O–H groups in total. The summed E-state index contributed by atoms with van der Waals surface area (Å²) in [4.78, 5) is 32.2. The van der Waals surface area contributed by atoms with Crippen molar-refractivity contribution in [2.45, 2.75) is 6.42 Å². The van der Waals surface area contributed by atoms with Crippen LogP contribution >= 0.6 is 0 Å². The van der Waals surface area contributed by atoms with Gasteiger partial charge in [0, 0.05) is 40.1 Å². The van der Waals surface area contributed by atoms with Gasteiger partial charge in [0.15, 0.2) is 0 Å². The van der Waals surface area contributed by atoms with Gasteiger partial charge in [0.1, 0.15) is 5.56 Å². The van der Waals surface area contributed by atoms with Crippen LogP contribution in [0.2, 0.25) is 0 Å². The highest BCUT2D eigenvalue weighted by Crippen LogP contribution is 2.29. The van der Waals surface area contributed by atoms with Gasteiger partial charge >= 0.3 is 0 Å². The Balaban J connectivity index is 1.48. The number of para-hydroxylation sites is 2. The predicted octanol–water partition coefficient (Wildman–Crippen LogP) is 4.65. The highest BCUT2D eigenvalue weighted by Gasteiger charge is 2.20. The number of aromatic amines is 2. The van der Waals surface area contributed by atoms with E-state index < -0.39 is 0 Å². The quantitative estimate of drug-likeness (QED) is 0.397. The van der Waals surface area contributed by atoms with Crippen molar-refractivity contribution in [2.24, 2.45) is 0 Å². The first-order valence-electron chi connectivity index (χ1n) is 10.3. The van der Waals surface area contributed by atoms with Gasteiger partial charge in [-0.3, -0.25) is 9.59 Å². The van der Waals surface area contributed by atoms with Crippen molar-refractivity contribution in [1.82, 2.24) is 15.3 Å². The van der Waals surface area contributed by atoms with E-state index in [1.54, 1.807) is 0 Å². The molecule has 0 saturated heterocycles. The highest BCUT2D eigenvalue weighted by atomic mass is 16.2. The molecule has 3 aromatic carbocycles. The fourth-order valence-electron chi connectivity index (χ4n) is 4.10. The normalized spacial score (nSPS) is 11.1. The fraction of sp³-hybridized carbons (Fsp3) is 0.0769. The molecule has 2 aromatic heterocycles. The number of hydrogen-bond donors (Lipinski definition) is 3. The van der Waals surface area contributed by atoms with Crippen LogP contribution in [0.25, 0.3) is 32.9 Å². The lowest BCUT2D eigenvalue weighted by Gasteiger charge is -2.13. The second-order valence-corrected chi connectivity index (χ2v) is 7.48. The number of hydrogen-bond acceptors (Lipinski definition) is 2. The largest absolute Gasteiger partial charge is 0.361 e. The van der Waals surface area contributed by atoms with Crippen LogP contribution in [0.3, 0.4) is 0 Å². The Kier molecular flexibility index (Phi) is 4.84. The predicted molar refractivity (Wildman–Crippen MR) is 124 cm³/mol. The van der Waals surface area contributed by atoms with Crippen molar-refractivity contribution >= 4 is 27.7 Å². The van der Waals surface area contributed by atoms with Crippen LogP contribution in [-0.4, -0.2) is 22.4 Å². The Morgan fingerprint density at radius 2 is 1.48 bits per heavy atom. The molecule has 5 nitrogen and oxygen atoms in total. The lowest BCUT2D eigenvalue weighted by atomic mass is 9.96. The molecular formula is C26H21N3O2. The Hall–Kier alpha value is -4.12. The van der Waals surface area contributed by atoms with Crippen LogP contribution in [0.1, 0.15) is 15.9 Å². The minimum Gasteiger partial charge on any atom is -0.361 e. The summed E-state index contributed by atoms with van der Waals surface area (Å²) in [6, 6.07) is 25.2. The first-order chi connectivity index (χ1) is 15.2. The van der Waals surface area contributed by atoms with Crippen LogP contribution in [0, 0.1) is 0 Å². The third-order valence-corrected chi connectivity index (χ3v) is 5.57. The van der Waals surface area contributed by atoms with Gasteiger partial charge in [-0.1, -0.05) is 66.7 Å². The van der Waals surface area contributed by atoms with Gasteiger partial charge in [-0.05, 0) is 29.7 Å². The van der Waals surface area contributed by atoms with Crippen molar-refractivity contribution in [1.29, 1.82) is 0 Å². The zero-order valence-electron chi connectivity index (χ0n) is 16.8. The summed E-state index contributed by atoms with van der Waals surface area (Å²) in [6.45, 7) is 0.432. The summed E-state index contributed by atoms with van der Waals surface area (Å²) in [5, 5.41) is 4.93. The van der Waals surface area contributed by atoms with Gasteiger partial charge in [0.2, 0.25) is 0 Å². The molecule has 0 fully saturated rings. The molecule has 5 rings (SSSR count). The highest BCUT2D eigenvalue weighted by molar-refractivity contribution is 6.08. The lowest BCUT2D eigenvalue weighted by molar-refractivity contribution is 0.0953. The zero-order valence-corrected chi connectivity index (χ0v) is 16.8. The first kappa shape index (κ1) is 18.9. The molecule has 0 aliphatic heterocycles. The standard InChI is InChI=1S/C26H21N3O2/c30-25(27-15-14-18-16-28-21-12-6-4-10-19(18)21)24-23(17-8-2-1-3-9-17)20-11-5-7-13-22(20)29-26(24)31/h1-13,16,28H,14-15H2,(H,27,30)(H,29,31). The van der Waals surface area contributed by atoms with Gasteiger partial charge < -0.3 is 15.3 Å². The molecule has 0 aliphatic rings. The molecule has 31 heavy (non-hydrogen) atoms. The van der Waals surface area contributed by atoms with Crippen molar-refractivity contribution in [3.63, 3.8) is 0 Å². The van der Waals surface area contributed by atoms with E-state index in [1.165, 1.54) is 0 Å². The number of H-pyrrole nitrogens is 2. The molecule has 0 spiro atoms. The minimum absolute atomic E-state index is 0.142. The number of amides is 1. The topological polar surface area (TPSA) is 77.8 Å².